The molecule has 14 heavy (non-hydrogen) atoms. The molecule has 0 amide bonds. The van der Waals surface area contributed by atoms with Crippen LogP contribution in [0.25, 0.3) is 0 Å². The largest absolute Gasteiger partial charge is 0.493 e. The number of carbonyl (C=O) groups is 1. The second-order valence-electron chi connectivity index (χ2n) is 3.02. The van der Waals surface area contributed by atoms with E-state index < -0.39 is 0 Å². The SMILES string of the molecule is COC(=O)c1cc(Cl)cc2c1CCO2. The number of hydrogen-bond acceptors (Lipinski definition) is 3. The minimum absolute atomic E-state index is 0.366. The molecule has 3 nitrogen and oxygen atoms in total. The first-order valence-electron chi connectivity index (χ1n) is 4.26. The second-order valence-corrected chi connectivity index (χ2v) is 3.46. The molecule has 0 N–H and O–H groups in total. The van der Waals surface area contributed by atoms with E-state index in [2.05, 4.69) is 4.74 Å². The highest BCUT2D eigenvalue weighted by atomic mass is 35.5. The van der Waals surface area contributed by atoms with Crippen LogP contribution in [0.5, 0.6) is 5.75 Å². The van der Waals surface area contributed by atoms with Crippen molar-refractivity contribution >= 4 is 17.6 Å². The lowest BCUT2D eigenvalue weighted by molar-refractivity contribution is 0.0599. The van der Waals surface area contributed by atoms with Crippen molar-refractivity contribution in [3.05, 3.63) is 28.3 Å². The first-order valence-corrected chi connectivity index (χ1v) is 4.63. The molecule has 0 bridgehead atoms. The van der Waals surface area contributed by atoms with Gasteiger partial charge in [-0.1, -0.05) is 11.6 Å². The van der Waals surface area contributed by atoms with Crippen LogP contribution in [0.2, 0.25) is 5.02 Å². The van der Waals surface area contributed by atoms with Crippen molar-refractivity contribution in [2.24, 2.45) is 0 Å². The van der Waals surface area contributed by atoms with Crippen molar-refractivity contribution < 1.29 is 14.3 Å². The Labute approximate surface area is 86.6 Å². The van der Waals surface area contributed by atoms with Gasteiger partial charge in [0, 0.05) is 17.0 Å². The molecule has 0 unspecified atom stereocenters. The van der Waals surface area contributed by atoms with E-state index in [0.29, 0.717) is 22.9 Å². The molecule has 1 aliphatic heterocycles. The average molecular weight is 213 g/mol. The molecular weight excluding hydrogens is 204 g/mol. The fourth-order valence-electron chi connectivity index (χ4n) is 1.55. The van der Waals surface area contributed by atoms with Crippen LogP contribution in [0, 0.1) is 0 Å². The number of esters is 1. The van der Waals surface area contributed by atoms with E-state index in [1.165, 1.54) is 7.11 Å². The predicted molar refractivity (Wildman–Crippen MR) is 52.0 cm³/mol. The fourth-order valence-corrected chi connectivity index (χ4v) is 1.76. The molecule has 2 rings (SSSR count). The Morgan fingerprint density at radius 3 is 3.07 bits per heavy atom. The lowest BCUT2D eigenvalue weighted by atomic mass is 10.1. The third-order valence-electron chi connectivity index (χ3n) is 2.19. The minimum Gasteiger partial charge on any atom is -0.493 e. The molecular formula is C10H9ClO3. The fraction of sp³-hybridized carbons (Fsp3) is 0.300. The summed E-state index contributed by atoms with van der Waals surface area (Å²) in [6, 6.07) is 3.33. The first-order chi connectivity index (χ1) is 6.72. The lowest BCUT2D eigenvalue weighted by Gasteiger charge is -2.05. The highest BCUT2D eigenvalue weighted by Gasteiger charge is 2.21. The van der Waals surface area contributed by atoms with Crippen molar-refractivity contribution in [1.29, 1.82) is 0 Å². The van der Waals surface area contributed by atoms with Gasteiger partial charge in [-0.2, -0.15) is 0 Å². The van der Waals surface area contributed by atoms with Crippen LogP contribution in [0.4, 0.5) is 0 Å². The zero-order valence-electron chi connectivity index (χ0n) is 7.67. The Balaban J connectivity index is 2.54. The number of carbonyl (C=O) groups excluding carboxylic acids is 1. The second kappa shape index (κ2) is 3.50. The molecule has 1 aromatic rings. The summed E-state index contributed by atoms with van der Waals surface area (Å²) in [5.74, 6) is 0.326. The van der Waals surface area contributed by atoms with Gasteiger partial charge in [0.05, 0.1) is 19.3 Å². The Bertz CT molecular complexity index is 387. The lowest BCUT2D eigenvalue weighted by Crippen LogP contribution is -2.04. The highest BCUT2D eigenvalue weighted by Crippen LogP contribution is 2.32. The molecule has 0 spiro atoms. The van der Waals surface area contributed by atoms with Gasteiger partial charge < -0.3 is 9.47 Å². The first kappa shape index (κ1) is 9.34. The normalized spacial score (nSPS) is 13.3. The summed E-state index contributed by atoms with van der Waals surface area (Å²) in [7, 11) is 1.35. The molecule has 0 aromatic heterocycles. The summed E-state index contributed by atoms with van der Waals surface area (Å²) in [6.45, 7) is 0.597. The van der Waals surface area contributed by atoms with Crippen LogP contribution >= 0.6 is 11.6 Å². The number of halogens is 1. The van der Waals surface area contributed by atoms with E-state index in [4.69, 9.17) is 16.3 Å². The Kier molecular flexibility index (Phi) is 2.33. The van der Waals surface area contributed by atoms with E-state index >= 15 is 0 Å². The summed E-state index contributed by atoms with van der Waals surface area (Å²) in [5, 5.41) is 0.492. The molecule has 1 aliphatic rings. The molecule has 1 heterocycles. The van der Waals surface area contributed by atoms with Gasteiger partial charge in [0.15, 0.2) is 0 Å². The van der Waals surface area contributed by atoms with Crippen LogP contribution in [0.15, 0.2) is 12.1 Å². The molecule has 0 saturated carbocycles. The van der Waals surface area contributed by atoms with Gasteiger partial charge >= 0.3 is 5.97 Å². The van der Waals surface area contributed by atoms with Gasteiger partial charge in [-0.25, -0.2) is 4.79 Å². The number of hydrogen-bond donors (Lipinski definition) is 0. The van der Waals surface area contributed by atoms with E-state index in [-0.39, 0.29) is 5.97 Å². The molecule has 4 heteroatoms. The highest BCUT2D eigenvalue weighted by molar-refractivity contribution is 6.31. The van der Waals surface area contributed by atoms with Gasteiger partial charge in [-0.15, -0.1) is 0 Å². The Morgan fingerprint density at radius 2 is 2.36 bits per heavy atom. The summed E-state index contributed by atoms with van der Waals surface area (Å²) in [6.07, 6.45) is 0.733. The van der Waals surface area contributed by atoms with E-state index in [1.54, 1.807) is 12.1 Å². The molecule has 0 fully saturated rings. The smallest absolute Gasteiger partial charge is 0.338 e. The van der Waals surface area contributed by atoms with Crippen LogP contribution < -0.4 is 4.74 Å². The van der Waals surface area contributed by atoms with Gasteiger partial charge in [-0.05, 0) is 12.1 Å². The molecule has 74 valence electrons. The van der Waals surface area contributed by atoms with Crippen LogP contribution in [0.3, 0.4) is 0 Å². The number of methoxy groups -OCH3 is 1. The maximum Gasteiger partial charge on any atom is 0.338 e. The van der Waals surface area contributed by atoms with Gasteiger partial charge in [0.1, 0.15) is 5.75 Å². The third-order valence-corrected chi connectivity index (χ3v) is 2.41. The number of benzene rings is 1. The molecule has 0 atom stereocenters. The topological polar surface area (TPSA) is 35.5 Å². The van der Waals surface area contributed by atoms with Crippen LogP contribution in [-0.4, -0.2) is 19.7 Å². The Hall–Kier alpha value is -1.22. The maximum atomic E-state index is 11.4. The average Bonchev–Trinajstić information content (AvgIpc) is 2.62. The van der Waals surface area contributed by atoms with E-state index in [1.807, 2.05) is 0 Å². The Morgan fingerprint density at radius 1 is 1.57 bits per heavy atom. The van der Waals surface area contributed by atoms with Gasteiger partial charge in [-0.3, -0.25) is 0 Å². The summed E-state index contributed by atoms with van der Waals surface area (Å²) < 4.78 is 9.99. The zero-order chi connectivity index (χ0) is 10.1. The minimum atomic E-state index is -0.366. The molecule has 1 aromatic carbocycles. The maximum absolute atomic E-state index is 11.4. The van der Waals surface area contributed by atoms with Crippen molar-refractivity contribution in [2.75, 3.05) is 13.7 Å². The monoisotopic (exact) mass is 212 g/mol. The quantitative estimate of drug-likeness (QED) is 0.669. The van der Waals surface area contributed by atoms with Crippen molar-refractivity contribution in [1.82, 2.24) is 0 Å². The van der Waals surface area contributed by atoms with Gasteiger partial charge in [0.2, 0.25) is 0 Å². The summed E-state index contributed by atoms with van der Waals surface area (Å²) in [4.78, 5) is 11.4. The summed E-state index contributed by atoms with van der Waals surface area (Å²) in [5.41, 5.74) is 1.40. The third kappa shape index (κ3) is 1.44. The van der Waals surface area contributed by atoms with Crippen molar-refractivity contribution in [3.8, 4) is 5.75 Å². The number of rotatable bonds is 1. The number of fused-ring (bicyclic) bond motifs is 1. The number of ether oxygens (including phenoxy) is 2. The molecule has 0 saturated heterocycles. The molecule has 0 aliphatic carbocycles. The van der Waals surface area contributed by atoms with Crippen molar-refractivity contribution in [3.63, 3.8) is 0 Å². The standard InChI is InChI=1S/C10H9ClO3/c1-13-10(12)8-4-6(11)5-9-7(8)2-3-14-9/h4-5H,2-3H2,1H3. The van der Waals surface area contributed by atoms with Gasteiger partial charge in [0.25, 0.3) is 0 Å². The zero-order valence-corrected chi connectivity index (χ0v) is 8.43. The predicted octanol–water partition coefficient (Wildman–Crippen LogP) is 2.06. The summed E-state index contributed by atoms with van der Waals surface area (Å²) >= 11 is 5.84. The van der Waals surface area contributed by atoms with E-state index in [9.17, 15) is 4.79 Å². The van der Waals surface area contributed by atoms with Crippen LogP contribution in [0.1, 0.15) is 15.9 Å². The molecule has 0 radical (unpaired) electrons. The van der Waals surface area contributed by atoms with E-state index in [0.717, 1.165) is 12.0 Å². The van der Waals surface area contributed by atoms with Crippen molar-refractivity contribution in [2.45, 2.75) is 6.42 Å². The van der Waals surface area contributed by atoms with Crippen LogP contribution in [-0.2, 0) is 11.2 Å².